The molecule has 1 heterocycles. The van der Waals surface area contributed by atoms with E-state index in [-0.39, 0.29) is 6.10 Å². The fourth-order valence-corrected chi connectivity index (χ4v) is 2.31. The van der Waals surface area contributed by atoms with E-state index in [1.165, 1.54) is 0 Å². The minimum absolute atomic E-state index is 0.172. The number of rotatable bonds is 10. The summed E-state index contributed by atoms with van der Waals surface area (Å²) in [6.07, 6.45) is 7.84. The van der Waals surface area contributed by atoms with Crippen molar-refractivity contribution in [1.82, 2.24) is 14.9 Å². The predicted molar refractivity (Wildman–Crippen MR) is 91.9 cm³/mol. The molecular weight excluding hydrogens is 290 g/mol. The molecule has 0 bridgehead atoms. The summed E-state index contributed by atoms with van der Waals surface area (Å²) >= 11 is 0. The maximum absolute atomic E-state index is 6.06. The van der Waals surface area contributed by atoms with E-state index in [1.807, 2.05) is 30.9 Å². The Labute approximate surface area is 138 Å². The summed E-state index contributed by atoms with van der Waals surface area (Å²) in [6, 6.07) is 6.04. The summed E-state index contributed by atoms with van der Waals surface area (Å²) in [6.45, 7) is 6.88. The molecule has 1 aromatic heterocycles. The van der Waals surface area contributed by atoms with Crippen molar-refractivity contribution in [2.75, 3.05) is 13.7 Å². The van der Waals surface area contributed by atoms with Crippen molar-refractivity contribution < 1.29 is 9.47 Å². The summed E-state index contributed by atoms with van der Waals surface area (Å²) < 4.78 is 13.6. The predicted octanol–water partition coefficient (Wildman–Crippen LogP) is 3.25. The quantitative estimate of drug-likeness (QED) is 0.683. The van der Waals surface area contributed by atoms with Crippen LogP contribution in [0.4, 0.5) is 0 Å². The number of benzene rings is 1. The third kappa shape index (κ3) is 5.28. The standard InChI is InChI=1S/C18H27N3O2/c1-4-15(2)23-18-16(7-5-8-17(18)22-3)13-19-9-6-11-21-12-10-20-14-21/h5,7-8,10,12,14-15,19H,4,6,9,11,13H2,1-3H3. The summed E-state index contributed by atoms with van der Waals surface area (Å²) in [7, 11) is 1.68. The molecular formula is C18H27N3O2. The van der Waals surface area contributed by atoms with Gasteiger partial charge >= 0.3 is 0 Å². The van der Waals surface area contributed by atoms with Crippen LogP contribution < -0.4 is 14.8 Å². The van der Waals surface area contributed by atoms with E-state index in [0.717, 1.165) is 49.5 Å². The summed E-state index contributed by atoms with van der Waals surface area (Å²) in [5.74, 6) is 1.65. The van der Waals surface area contributed by atoms with Crippen molar-refractivity contribution >= 4 is 0 Å². The molecule has 0 aliphatic heterocycles. The zero-order valence-corrected chi connectivity index (χ0v) is 14.3. The van der Waals surface area contributed by atoms with Crippen molar-refractivity contribution in [3.8, 4) is 11.5 Å². The highest BCUT2D eigenvalue weighted by atomic mass is 16.5. The first-order valence-electron chi connectivity index (χ1n) is 8.23. The van der Waals surface area contributed by atoms with Crippen LogP contribution in [-0.2, 0) is 13.1 Å². The fourth-order valence-electron chi connectivity index (χ4n) is 2.31. The Morgan fingerprint density at radius 2 is 2.22 bits per heavy atom. The second kappa shape index (κ2) is 9.20. The van der Waals surface area contributed by atoms with Crippen molar-refractivity contribution in [3.63, 3.8) is 0 Å². The van der Waals surface area contributed by atoms with Gasteiger partial charge in [0.05, 0.1) is 19.5 Å². The molecule has 0 radical (unpaired) electrons. The van der Waals surface area contributed by atoms with Crippen molar-refractivity contribution in [3.05, 3.63) is 42.5 Å². The van der Waals surface area contributed by atoms with Crippen LogP contribution in [0.1, 0.15) is 32.3 Å². The number of aromatic nitrogens is 2. The Bertz CT molecular complexity index is 570. The van der Waals surface area contributed by atoms with E-state index < -0.39 is 0 Å². The maximum Gasteiger partial charge on any atom is 0.166 e. The molecule has 2 aromatic rings. The minimum atomic E-state index is 0.172. The summed E-state index contributed by atoms with van der Waals surface area (Å²) in [4.78, 5) is 4.05. The Morgan fingerprint density at radius 1 is 1.35 bits per heavy atom. The number of hydrogen-bond donors (Lipinski definition) is 1. The van der Waals surface area contributed by atoms with E-state index in [9.17, 15) is 0 Å². The molecule has 0 amide bonds. The average Bonchev–Trinajstić information content (AvgIpc) is 3.08. The van der Waals surface area contributed by atoms with Crippen LogP contribution >= 0.6 is 0 Å². The van der Waals surface area contributed by atoms with Gasteiger partial charge in [0.15, 0.2) is 11.5 Å². The molecule has 0 aliphatic carbocycles. The average molecular weight is 317 g/mol. The Balaban J connectivity index is 1.87. The zero-order chi connectivity index (χ0) is 16.5. The smallest absolute Gasteiger partial charge is 0.166 e. The number of imidazole rings is 1. The molecule has 5 heteroatoms. The van der Waals surface area contributed by atoms with Gasteiger partial charge in [-0.25, -0.2) is 4.98 Å². The lowest BCUT2D eigenvalue weighted by molar-refractivity contribution is 0.205. The largest absolute Gasteiger partial charge is 0.493 e. The Kier molecular flexibility index (Phi) is 6.94. The summed E-state index contributed by atoms with van der Waals surface area (Å²) in [5, 5.41) is 3.48. The minimum Gasteiger partial charge on any atom is -0.493 e. The third-order valence-corrected chi connectivity index (χ3v) is 3.82. The van der Waals surface area contributed by atoms with E-state index in [0.29, 0.717) is 0 Å². The molecule has 1 atom stereocenters. The van der Waals surface area contributed by atoms with E-state index >= 15 is 0 Å². The Hall–Kier alpha value is -2.01. The van der Waals surface area contributed by atoms with Crippen LogP contribution in [0.2, 0.25) is 0 Å². The number of nitrogens with one attached hydrogen (secondary N) is 1. The summed E-state index contributed by atoms with van der Waals surface area (Å²) in [5.41, 5.74) is 1.13. The van der Waals surface area contributed by atoms with Crippen LogP contribution in [0.25, 0.3) is 0 Å². The molecule has 2 rings (SSSR count). The lowest BCUT2D eigenvalue weighted by atomic mass is 10.1. The normalized spacial score (nSPS) is 12.1. The van der Waals surface area contributed by atoms with Crippen LogP contribution in [-0.4, -0.2) is 29.3 Å². The fraction of sp³-hybridized carbons (Fsp3) is 0.500. The van der Waals surface area contributed by atoms with Crippen LogP contribution in [0, 0.1) is 0 Å². The van der Waals surface area contributed by atoms with Crippen LogP contribution in [0.3, 0.4) is 0 Å². The first kappa shape index (κ1) is 17.3. The number of ether oxygens (including phenoxy) is 2. The monoisotopic (exact) mass is 317 g/mol. The number of methoxy groups -OCH3 is 1. The molecule has 0 fully saturated rings. The topological polar surface area (TPSA) is 48.3 Å². The van der Waals surface area contributed by atoms with Crippen LogP contribution in [0.5, 0.6) is 11.5 Å². The Morgan fingerprint density at radius 3 is 2.91 bits per heavy atom. The lowest BCUT2D eigenvalue weighted by Crippen LogP contribution is -2.18. The molecule has 1 N–H and O–H groups in total. The molecule has 0 aliphatic rings. The molecule has 1 unspecified atom stereocenters. The van der Waals surface area contributed by atoms with Gasteiger partial charge in [0.2, 0.25) is 0 Å². The van der Waals surface area contributed by atoms with Gasteiger partial charge in [-0.15, -0.1) is 0 Å². The van der Waals surface area contributed by atoms with Gasteiger partial charge in [-0.2, -0.15) is 0 Å². The highest BCUT2D eigenvalue weighted by Gasteiger charge is 2.12. The molecule has 23 heavy (non-hydrogen) atoms. The third-order valence-electron chi connectivity index (χ3n) is 3.82. The zero-order valence-electron chi connectivity index (χ0n) is 14.3. The van der Waals surface area contributed by atoms with E-state index in [1.54, 1.807) is 7.11 Å². The second-order valence-electron chi connectivity index (χ2n) is 5.62. The van der Waals surface area contributed by atoms with Crippen molar-refractivity contribution in [1.29, 1.82) is 0 Å². The van der Waals surface area contributed by atoms with Gasteiger partial charge in [-0.1, -0.05) is 19.1 Å². The highest BCUT2D eigenvalue weighted by Crippen LogP contribution is 2.32. The van der Waals surface area contributed by atoms with E-state index in [2.05, 4.69) is 34.8 Å². The van der Waals surface area contributed by atoms with Gasteiger partial charge < -0.3 is 19.4 Å². The van der Waals surface area contributed by atoms with Gasteiger partial charge in [-0.3, -0.25) is 0 Å². The number of hydrogen-bond acceptors (Lipinski definition) is 4. The first-order valence-corrected chi connectivity index (χ1v) is 8.23. The SMILES string of the molecule is CCC(C)Oc1c(CNCCCn2ccnc2)cccc1OC. The van der Waals surface area contributed by atoms with Crippen molar-refractivity contribution in [2.24, 2.45) is 0 Å². The molecule has 1 aromatic carbocycles. The van der Waals surface area contributed by atoms with Gasteiger partial charge in [0, 0.05) is 31.0 Å². The van der Waals surface area contributed by atoms with Crippen LogP contribution in [0.15, 0.2) is 36.9 Å². The molecule has 0 spiro atoms. The number of aryl methyl sites for hydroxylation is 1. The van der Waals surface area contributed by atoms with Gasteiger partial charge in [0.25, 0.3) is 0 Å². The van der Waals surface area contributed by atoms with Gasteiger partial charge in [0.1, 0.15) is 0 Å². The maximum atomic E-state index is 6.06. The van der Waals surface area contributed by atoms with Gasteiger partial charge in [-0.05, 0) is 32.4 Å². The van der Waals surface area contributed by atoms with Crippen molar-refractivity contribution in [2.45, 2.75) is 45.9 Å². The number of nitrogens with zero attached hydrogens (tertiary/aromatic N) is 2. The molecule has 5 nitrogen and oxygen atoms in total. The lowest BCUT2D eigenvalue weighted by Gasteiger charge is -2.19. The highest BCUT2D eigenvalue weighted by molar-refractivity contribution is 5.46. The molecule has 0 saturated carbocycles. The number of para-hydroxylation sites is 1. The first-order chi connectivity index (χ1) is 11.2. The molecule has 0 saturated heterocycles. The molecule has 126 valence electrons. The second-order valence-corrected chi connectivity index (χ2v) is 5.62. The van der Waals surface area contributed by atoms with E-state index in [4.69, 9.17) is 9.47 Å².